The van der Waals surface area contributed by atoms with Gasteiger partial charge in [-0.1, -0.05) is 17.7 Å². The first-order valence-electron chi connectivity index (χ1n) is 5.43. The molecule has 0 spiro atoms. The Balaban J connectivity index is 2.36. The van der Waals surface area contributed by atoms with E-state index in [1.165, 1.54) is 11.7 Å². The average Bonchev–Trinajstić information content (AvgIpc) is 2.34. The second kappa shape index (κ2) is 7.79. The molecule has 0 aliphatic carbocycles. The van der Waals surface area contributed by atoms with Crippen molar-refractivity contribution in [2.24, 2.45) is 0 Å². The summed E-state index contributed by atoms with van der Waals surface area (Å²) in [4.78, 5) is 10.8. The maximum absolute atomic E-state index is 11.7. The van der Waals surface area contributed by atoms with E-state index < -0.39 is 10.8 Å². The molecule has 0 saturated carbocycles. The normalized spacial score (nSPS) is 12.5. The lowest BCUT2D eigenvalue weighted by molar-refractivity contribution is -0.108. The Morgan fingerprint density at radius 2 is 2.00 bits per heavy atom. The lowest BCUT2D eigenvalue weighted by Gasteiger charge is -1.99. The highest BCUT2D eigenvalue weighted by molar-refractivity contribution is 7.88. The van der Waals surface area contributed by atoms with Crippen LogP contribution in [0.15, 0.2) is 40.8 Å². The first-order chi connectivity index (χ1) is 8.24. The fourth-order valence-corrected chi connectivity index (χ4v) is 1.90. The molecule has 0 fully saturated rings. The van der Waals surface area contributed by atoms with Crippen LogP contribution >= 0.6 is 0 Å². The summed E-state index contributed by atoms with van der Waals surface area (Å²) in [5.41, 5.74) is 1.14. The van der Waals surface area contributed by atoms with Gasteiger partial charge < -0.3 is 9.53 Å². The van der Waals surface area contributed by atoms with E-state index in [1.54, 1.807) is 0 Å². The maximum atomic E-state index is 11.7. The highest BCUT2D eigenvalue weighted by Gasteiger charge is 1.98. The number of hydrogen-bond donors (Lipinski definition) is 0. The maximum Gasteiger partial charge on any atom is 0.120 e. The van der Waals surface area contributed by atoms with E-state index in [4.69, 9.17) is 4.74 Å². The van der Waals surface area contributed by atoms with Crippen LogP contribution in [0.5, 0.6) is 0 Å². The first kappa shape index (κ1) is 13.6. The van der Waals surface area contributed by atoms with E-state index in [9.17, 15) is 9.00 Å². The summed E-state index contributed by atoms with van der Waals surface area (Å²) in [6, 6.07) is 7.52. The Hall–Kier alpha value is -1.42. The number of unbranched alkanes of at least 4 members (excludes halogenated alkanes) is 1. The van der Waals surface area contributed by atoms with Crippen LogP contribution in [0.1, 0.15) is 18.4 Å². The zero-order chi connectivity index (χ0) is 12.5. The van der Waals surface area contributed by atoms with Crippen molar-refractivity contribution >= 4 is 17.1 Å². The second-order valence-corrected chi connectivity index (χ2v) is 4.90. The molecule has 1 aromatic carbocycles. The molecule has 1 atom stereocenters. The predicted octanol–water partition coefficient (Wildman–Crippen LogP) is 2.57. The number of rotatable bonds is 7. The Labute approximate surface area is 104 Å². The van der Waals surface area contributed by atoms with Crippen molar-refractivity contribution in [1.82, 2.24) is 0 Å². The van der Waals surface area contributed by atoms with Gasteiger partial charge in [0, 0.05) is 16.7 Å². The molecule has 0 N–H and O–H groups in total. The highest BCUT2D eigenvalue weighted by atomic mass is 32.2. The molecule has 0 unspecified atom stereocenters. The molecule has 92 valence electrons. The summed E-state index contributed by atoms with van der Waals surface area (Å²) >= 11 is 0. The first-order valence-corrected chi connectivity index (χ1v) is 6.64. The van der Waals surface area contributed by atoms with Crippen molar-refractivity contribution in [3.05, 3.63) is 41.5 Å². The number of hydrogen-bond acceptors (Lipinski definition) is 3. The standard InChI is InChI=1S/C13H16O3S/c1-12-4-6-13(7-5-12)17(15)11-10-16-9-3-2-8-14/h4-8,10-11H,2-3,9H2,1H3/b11-10+/t17-/m0/s1. The molecule has 0 radical (unpaired) electrons. The fourth-order valence-electron chi connectivity index (χ4n) is 1.16. The predicted molar refractivity (Wildman–Crippen MR) is 68.0 cm³/mol. The number of ether oxygens (including phenoxy) is 1. The summed E-state index contributed by atoms with van der Waals surface area (Å²) in [7, 11) is -1.17. The minimum atomic E-state index is -1.17. The number of carbonyl (C=O) groups excluding carboxylic acids is 1. The van der Waals surface area contributed by atoms with E-state index in [0.29, 0.717) is 19.4 Å². The van der Waals surface area contributed by atoms with Crippen LogP contribution in [0.2, 0.25) is 0 Å². The third-order valence-corrected chi connectivity index (χ3v) is 3.21. The molecule has 0 aliphatic heterocycles. The van der Waals surface area contributed by atoms with Gasteiger partial charge in [-0.05, 0) is 25.5 Å². The zero-order valence-electron chi connectivity index (χ0n) is 9.80. The van der Waals surface area contributed by atoms with Crippen LogP contribution in [0, 0.1) is 6.92 Å². The molecule has 1 rings (SSSR count). The summed E-state index contributed by atoms with van der Waals surface area (Å²) in [5, 5.41) is 1.51. The molecule has 0 aromatic heterocycles. The SMILES string of the molecule is Cc1ccc([S@@](=O)/C=C/OCCCC=O)cc1. The van der Waals surface area contributed by atoms with Gasteiger partial charge in [-0.2, -0.15) is 0 Å². The number of carbonyl (C=O) groups is 1. The van der Waals surface area contributed by atoms with E-state index in [0.717, 1.165) is 16.7 Å². The quantitative estimate of drug-likeness (QED) is 0.425. The minimum absolute atomic E-state index is 0.473. The van der Waals surface area contributed by atoms with Crippen LogP contribution in [0.3, 0.4) is 0 Å². The molecule has 17 heavy (non-hydrogen) atoms. The molecule has 0 saturated heterocycles. The van der Waals surface area contributed by atoms with Crippen molar-refractivity contribution in [2.45, 2.75) is 24.7 Å². The molecule has 0 heterocycles. The molecular weight excluding hydrogens is 236 g/mol. The Kier molecular flexibility index (Phi) is 6.25. The highest BCUT2D eigenvalue weighted by Crippen LogP contribution is 2.09. The van der Waals surface area contributed by atoms with Crippen molar-refractivity contribution in [3.63, 3.8) is 0 Å². The molecule has 0 bridgehead atoms. The molecular formula is C13H16O3S. The van der Waals surface area contributed by atoms with Crippen LogP contribution < -0.4 is 0 Å². The summed E-state index contributed by atoms with van der Waals surface area (Å²) in [5.74, 6) is 0. The summed E-state index contributed by atoms with van der Waals surface area (Å²) in [6.07, 6.45) is 3.47. The lowest BCUT2D eigenvalue weighted by Crippen LogP contribution is -1.90. The van der Waals surface area contributed by atoms with Gasteiger partial charge in [-0.3, -0.25) is 0 Å². The van der Waals surface area contributed by atoms with Crippen LogP contribution in [-0.2, 0) is 20.3 Å². The van der Waals surface area contributed by atoms with Crippen molar-refractivity contribution in [1.29, 1.82) is 0 Å². The van der Waals surface area contributed by atoms with Gasteiger partial charge in [0.25, 0.3) is 0 Å². The van der Waals surface area contributed by atoms with Gasteiger partial charge in [0.2, 0.25) is 0 Å². The average molecular weight is 252 g/mol. The van der Waals surface area contributed by atoms with Gasteiger partial charge in [0.05, 0.1) is 23.7 Å². The Bertz CT molecular complexity index is 396. The minimum Gasteiger partial charge on any atom is -0.501 e. The second-order valence-electron chi connectivity index (χ2n) is 3.56. The van der Waals surface area contributed by atoms with Crippen molar-refractivity contribution in [2.75, 3.05) is 6.61 Å². The monoisotopic (exact) mass is 252 g/mol. The van der Waals surface area contributed by atoms with E-state index in [-0.39, 0.29) is 0 Å². The van der Waals surface area contributed by atoms with E-state index in [1.807, 2.05) is 31.2 Å². The van der Waals surface area contributed by atoms with Gasteiger partial charge in [-0.25, -0.2) is 4.21 Å². The largest absolute Gasteiger partial charge is 0.501 e. The third-order valence-electron chi connectivity index (χ3n) is 2.11. The van der Waals surface area contributed by atoms with Gasteiger partial charge in [0.15, 0.2) is 0 Å². The zero-order valence-corrected chi connectivity index (χ0v) is 10.6. The van der Waals surface area contributed by atoms with Gasteiger partial charge in [-0.15, -0.1) is 0 Å². The molecule has 1 aromatic rings. The van der Waals surface area contributed by atoms with Crippen LogP contribution in [-0.4, -0.2) is 17.1 Å². The van der Waals surface area contributed by atoms with Crippen LogP contribution in [0.25, 0.3) is 0 Å². The fraction of sp³-hybridized carbons (Fsp3) is 0.308. The van der Waals surface area contributed by atoms with Crippen molar-refractivity contribution < 1.29 is 13.7 Å². The van der Waals surface area contributed by atoms with Gasteiger partial charge in [0.1, 0.15) is 6.29 Å². The number of aldehydes is 1. The smallest absolute Gasteiger partial charge is 0.120 e. The molecule has 4 heteroatoms. The molecule has 0 amide bonds. The van der Waals surface area contributed by atoms with E-state index >= 15 is 0 Å². The topological polar surface area (TPSA) is 43.4 Å². The lowest BCUT2D eigenvalue weighted by atomic mass is 10.2. The molecule has 3 nitrogen and oxygen atoms in total. The Morgan fingerprint density at radius 3 is 2.65 bits per heavy atom. The third kappa shape index (κ3) is 5.45. The van der Waals surface area contributed by atoms with Gasteiger partial charge >= 0.3 is 0 Å². The Morgan fingerprint density at radius 1 is 1.29 bits per heavy atom. The molecule has 0 aliphatic rings. The summed E-state index contributed by atoms with van der Waals surface area (Å²) in [6.45, 7) is 2.46. The van der Waals surface area contributed by atoms with Crippen molar-refractivity contribution in [3.8, 4) is 0 Å². The van der Waals surface area contributed by atoms with Crippen LogP contribution in [0.4, 0.5) is 0 Å². The number of benzene rings is 1. The summed E-state index contributed by atoms with van der Waals surface area (Å²) < 4.78 is 16.9. The number of aryl methyl sites for hydroxylation is 1. The van der Waals surface area contributed by atoms with E-state index in [2.05, 4.69) is 0 Å².